The first-order chi connectivity index (χ1) is 13.7. The number of furan rings is 1. The zero-order valence-corrected chi connectivity index (χ0v) is 16.3. The number of nitrogens with one attached hydrogen (secondary N) is 1. The topological polar surface area (TPSA) is 68.3 Å². The van der Waals surface area contributed by atoms with Gasteiger partial charge in [-0.25, -0.2) is 4.98 Å². The molecule has 0 aliphatic heterocycles. The molecular formula is C22H20N2O3S. The largest absolute Gasteiger partial charge is 0.455 e. The van der Waals surface area contributed by atoms with Gasteiger partial charge >= 0.3 is 0 Å². The van der Waals surface area contributed by atoms with Gasteiger partial charge in [0.2, 0.25) is 0 Å². The molecule has 28 heavy (non-hydrogen) atoms. The minimum atomic E-state index is -0.204. The second-order valence-electron chi connectivity index (χ2n) is 6.50. The van der Waals surface area contributed by atoms with E-state index >= 15 is 0 Å². The summed E-state index contributed by atoms with van der Waals surface area (Å²) in [4.78, 5) is 16.7. The third-order valence-corrected chi connectivity index (χ3v) is 5.14. The number of oxazole rings is 1. The van der Waals surface area contributed by atoms with Gasteiger partial charge in [0, 0.05) is 6.54 Å². The van der Waals surface area contributed by atoms with Crippen LogP contribution in [0.4, 0.5) is 0 Å². The van der Waals surface area contributed by atoms with Gasteiger partial charge in [-0.2, -0.15) is 0 Å². The fourth-order valence-electron chi connectivity index (χ4n) is 2.84. The number of fused-ring (bicyclic) bond motifs is 1. The van der Waals surface area contributed by atoms with Crippen LogP contribution in [0.5, 0.6) is 0 Å². The first kappa shape index (κ1) is 18.4. The molecule has 0 spiro atoms. The third kappa shape index (κ3) is 4.46. The summed E-state index contributed by atoms with van der Waals surface area (Å²) >= 11 is 1.44. The highest BCUT2D eigenvalue weighted by molar-refractivity contribution is 7.98. The predicted molar refractivity (Wildman–Crippen MR) is 109 cm³/mol. The summed E-state index contributed by atoms with van der Waals surface area (Å²) in [6, 6.07) is 19.5. The highest BCUT2D eigenvalue weighted by atomic mass is 32.2. The Morgan fingerprint density at radius 1 is 1.07 bits per heavy atom. The Hall–Kier alpha value is -2.99. The summed E-state index contributed by atoms with van der Waals surface area (Å²) in [5.74, 6) is 1.36. The molecule has 2 aromatic heterocycles. The number of amides is 1. The van der Waals surface area contributed by atoms with E-state index < -0.39 is 0 Å². The Morgan fingerprint density at radius 3 is 2.79 bits per heavy atom. The van der Waals surface area contributed by atoms with Crippen molar-refractivity contribution >= 4 is 28.8 Å². The fraction of sp³-hybridized carbons (Fsp3) is 0.182. The number of aromatic nitrogens is 1. The quantitative estimate of drug-likeness (QED) is 0.449. The van der Waals surface area contributed by atoms with E-state index in [4.69, 9.17) is 8.83 Å². The second-order valence-corrected chi connectivity index (χ2v) is 7.42. The van der Waals surface area contributed by atoms with Crippen LogP contribution in [-0.2, 0) is 12.2 Å². The van der Waals surface area contributed by atoms with Gasteiger partial charge in [-0.15, -0.1) is 0 Å². The molecule has 0 radical (unpaired) electrons. The van der Waals surface area contributed by atoms with E-state index in [1.165, 1.54) is 17.3 Å². The molecule has 0 saturated heterocycles. The smallest absolute Gasteiger partial charge is 0.287 e. The normalized spacial score (nSPS) is 11.0. The predicted octanol–water partition coefficient (Wildman–Crippen LogP) is 4.99. The van der Waals surface area contributed by atoms with Crippen LogP contribution in [0.1, 0.15) is 27.4 Å². The molecule has 0 saturated carbocycles. The Kier molecular flexibility index (Phi) is 5.48. The van der Waals surface area contributed by atoms with Crippen molar-refractivity contribution in [2.75, 3.05) is 6.54 Å². The molecular weight excluding hydrogens is 372 g/mol. The van der Waals surface area contributed by atoms with E-state index in [0.29, 0.717) is 29.0 Å². The van der Waals surface area contributed by atoms with E-state index in [1.807, 2.05) is 61.5 Å². The molecule has 2 aromatic carbocycles. The maximum atomic E-state index is 12.2. The number of thioether (sulfide) groups is 1. The Morgan fingerprint density at radius 2 is 1.93 bits per heavy atom. The second kappa shape index (κ2) is 8.35. The van der Waals surface area contributed by atoms with E-state index in [2.05, 4.69) is 10.3 Å². The average Bonchev–Trinajstić information content (AvgIpc) is 3.33. The third-order valence-electron chi connectivity index (χ3n) is 4.29. The molecule has 4 rings (SSSR count). The van der Waals surface area contributed by atoms with Crippen molar-refractivity contribution < 1.29 is 13.6 Å². The minimum absolute atomic E-state index is 0.204. The molecule has 5 nitrogen and oxygen atoms in total. The minimum Gasteiger partial charge on any atom is -0.455 e. The summed E-state index contributed by atoms with van der Waals surface area (Å²) in [5, 5.41) is 3.48. The summed E-state index contributed by atoms with van der Waals surface area (Å²) in [5.41, 5.74) is 3.95. The molecule has 0 aliphatic carbocycles. The molecule has 0 fully saturated rings. The zero-order chi connectivity index (χ0) is 19.3. The average molecular weight is 392 g/mol. The maximum absolute atomic E-state index is 12.2. The SMILES string of the molecule is Cc1ccc2oc(SCc3ccc(C(=O)NCCc4ccccc4)o3)nc2c1. The molecule has 0 aliphatic rings. The van der Waals surface area contributed by atoms with Gasteiger partial charge in [0.25, 0.3) is 11.1 Å². The number of hydrogen-bond acceptors (Lipinski definition) is 5. The van der Waals surface area contributed by atoms with Crippen molar-refractivity contribution in [1.29, 1.82) is 0 Å². The molecule has 0 bridgehead atoms. The molecule has 6 heteroatoms. The highest BCUT2D eigenvalue weighted by Crippen LogP contribution is 2.27. The van der Waals surface area contributed by atoms with Crippen molar-refractivity contribution in [3.63, 3.8) is 0 Å². The number of carbonyl (C=O) groups is 1. The van der Waals surface area contributed by atoms with Gasteiger partial charge in [-0.1, -0.05) is 48.2 Å². The van der Waals surface area contributed by atoms with E-state index in [1.54, 1.807) is 6.07 Å². The molecule has 142 valence electrons. The lowest BCUT2D eigenvalue weighted by Gasteiger charge is -2.03. The molecule has 2 heterocycles. The number of hydrogen-bond donors (Lipinski definition) is 1. The van der Waals surface area contributed by atoms with Crippen molar-refractivity contribution in [3.8, 4) is 0 Å². The first-order valence-electron chi connectivity index (χ1n) is 9.08. The summed E-state index contributed by atoms with van der Waals surface area (Å²) < 4.78 is 11.4. The Balaban J connectivity index is 1.30. The van der Waals surface area contributed by atoms with Crippen LogP contribution < -0.4 is 5.32 Å². The van der Waals surface area contributed by atoms with Crippen LogP contribution in [0.15, 0.2) is 74.7 Å². The monoisotopic (exact) mass is 392 g/mol. The van der Waals surface area contributed by atoms with Crippen LogP contribution in [0.2, 0.25) is 0 Å². The molecule has 0 unspecified atom stereocenters. The summed E-state index contributed by atoms with van der Waals surface area (Å²) in [6.45, 7) is 2.59. The van der Waals surface area contributed by atoms with E-state index in [9.17, 15) is 4.79 Å². The molecule has 0 atom stereocenters. The lowest BCUT2D eigenvalue weighted by Crippen LogP contribution is -2.25. The van der Waals surface area contributed by atoms with Crippen LogP contribution in [0.25, 0.3) is 11.1 Å². The van der Waals surface area contributed by atoms with Gasteiger partial charge in [0.15, 0.2) is 11.3 Å². The lowest BCUT2D eigenvalue weighted by atomic mass is 10.1. The van der Waals surface area contributed by atoms with Crippen molar-refractivity contribution in [2.45, 2.75) is 24.3 Å². The molecule has 4 aromatic rings. The van der Waals surface area contributed by atoms with Gasteiger partial charge in [0.05, 0.1) is 5.75 Å². The number of nitrogens with zero attached hydrogens (tertiary/aromatic N) is 1. The van der Waals surface area contributed by atoms with Gasteiger partial charge < -0.3 is 14.2 Å². The van der Waals surface area contributed by atoms with E-state index in [0.717, 1.165) is 23.1 Å². The van der Waals surface area contributed by atoms with Gasteiger partial charge in [-0.3, -0.25) is 4.79 Å². The standard InChI is InChI=1S/C22H20N2O3S/c1-15-7-9-19-18(13-15)24-22(27-19)28-14-17-8-10-20(26-17)21(25)23-12-11-16-5-3-2-4-6-16/h2-10,13H,11-12,14H2,1H3,(H,23,25). The van der Waals surface area contributed by atoms with Gasteiger partial charge in [-0.05, 0) is 48.7 Å². The van der Waals surface area contributed by atoms with Crippen molar-refractivity contribution in [3.05, 3.63) is 83.3 Å². The number of aryl methyl sites for hydroxylation is 1. The zero-order valence-electron chi connectivity index (χ0n) is 15.5. The van der Waals surface area contributed by atoms with Gasteiger partial charge in [0.1, 0.15) is 11.3 Å². The summed E-state index contributed by atoms with van der Waals surface area (Å²) in [7, 11) is 0. The first-order valence-corrected chi connectivity index (χ1v) is 10.1. The van der Waals surface area contributed by atoms with Crippen LogP contribution >= 0.6 is 11.8 Å². The van der Waals surface area contributed by atoms with Crippen LogP contribution in [-0.4, -0.2) is 17.4 Å². The highest BCUT2D eigenvalue weighted by Gasteiger charge is 2.12. The van der Waals surface area contributed by atoms with Crippen LogP contribution in [0.3, 0.4) is 0 Å². The summed E-state index contributed by atoms with van der Waals surface area (Å²) in [6.07, 6.45) is 0.785. The number of carbonyl (C=O) groups excluding carboxylic acids is 1. The van der Waals surface area contributed by atoms with Crippen LogP contribution in [0, 0.1) is 6.92 Å². The number of benzene rings is 2. The molecule has 1 N–H and O–H groups in total. The Labute approximate surface area is 167 Å². The Bertz CT molecular complexity index is 1090. The van der Waals surface area contributed by atoms with Crippen molar-refractivity contribution in [2.24, 2.45) is 0 Å². The fourth-order valence-corrected chi connectivity index (χ4v) is 3.57. The van der Waals surface area contributed by atoms with E-state index in [-0.39, 0.29) is 5.91 Å². The maximum Gasteiger partial charge on any atom is 0.287 e. The lowest BCUT2D eigenvalue weighted by molar-refractivity contribution is 0.0925. The number of rotatable bonds is 7. The molecule has 1 amide bonds. The van der Waals surface area contributed by atoms with Crippen molar-refractivity contribution in [1.82, 2.24) is 10.3 Å².